The van der Waals surface area contributed by atoms with E-state index >= 15 is 0 Å². The van der Waals surface area contributed by atoms with Gasteiger partial charge in [-0.1, -0.05) is 31.4 Å². The highest BCUT2D eigenvalue weighted by atomic mass is 32.2. The van der Waals surface area contributed by atoms with E-state index in [4.69, 9.17) is 9.84 Å². The molecular weight excluding hydrogens is 272 g/mol. The van der Waals surface area contributed by atoms with Gasteiger partial charge in [-0.2, -0.15) is 11.8 Å². The first-order chi connectivity index (χ1) is 9.77. The fourth-order valence-corrected chi connectivity index (χ4v) is 3.78. The first-order valence-corrected chi connectivity index (χ1v) is 8.39. The lowest BCUT2D eigenvalue weighted by molar-refractivity contribution is 0.0692. The second kappa shape index (κ2) is 8.20. The number of para-hydroxylation sites is 1. The summed E-state index contributed by atoms with van der Waals surface area (Å²) in [5.74, 6) is 0.639. The van der Waals surface area contributed by atoms with Crippen molar-refractivity contribution in [3.8, 4) is 5.75 Å². The van der Waals surface area contributed by atoms with Crippen LogP contribution in [0.2, 0.25) is 0 Å². The van der Waals surface area contributed by atoms with Gasteiger partial charge in [0, 0.05) is 5.25 Å². The second-order valence-corrected chi connectivity index (χ2v) is 6.54. The van der Waals surface area contributed by atoms with Gasteiger partial charge in [0.05, 0.1) is 6.61 Å². The number of carboxylic acids is 1. The molecule has 0 amide bonds. The largest absolute Gasteiger partial charge is 0.493 e. The van der Waals surface area contributed by atoms with Crippen LogP contribution >= 0.6 is 11.8 Å². The molecule has 0 radical (unpaired) electrons. The second-order valence-electron chi connectivity index (χ2n) is 5.13. The van der Waals surface area contributed by atoms with E-state index in [0.717, 1.165) is 17.4 Å². The maximum Gasteiger partial charge on any atom is 0.339 e. The quantitative estimate of drug-likeness (QED) is 0.765. The third-order valence-corrected chi connectivity index (χ3v) is 5.04. The van der Waals surface area contributed by atoms with Crippen molar-refractivity contribution in [2.24, 2.45) is 0 Å². The van der Waals surface area contributed by atoms with Crippen molar-refractivity contribution in [1.82, 2.24) is 0 Å². The molecule has 1 aliphatic rings. The SMILES string of the molecule is O=C(O)c1ccccc1OCCCSC1CCCCC1. The van der Waals surface area contributed by atoms with Crippen LogP contribution in [0.1, 0.15) is 48.9 Å². The van der Waals surface area contributed by atoms with E-state index in [0.29, 0.717) is 12.4 Å². The number of aromatic carboxylic acids is 1. The molecule has 0 heterocycles. The van der Waals surface area contributed by atoms with Crippen molar-refractivity contribution >= 4 is 17.7 Å². The molecule has 0 unspecified atom stereocenters. The lowest BCUT2D eigenvalue weighted by Gasteiger charge is -2.20. The van der Waals surface area contributed by atoms with Crippen LogP contribution in [0, 0.1) is 0 Å². The summed E-state index contributed by atoms with van der Waals surface area (Å²) in [5, 5.41) is 9.88. The highest BCUT2D eigenvalue weighted by Crippen LogP contribution is 2.28. The Kier molecular flexibility index (Phi) is 6.25. The molecule has 110 valence electrons. The zero-order valence-corrected chi connectivity index (χ0v) is 12.5. The maximum absolute atomic E-state index is 11.0. The molecule has 3 nitrogen and oxygen atoms in total. The number of hydrogen-bond acceptors (Lipinski definition) is 3. The molecule has 0 aliphatic heterocycles. The van der Waals surface area contributed by atoms with Gasteiger partial charge in [0.2, 0.25) is 0 Å². The van der Waals surface area contributed by atoms with Crippen molar-refractivity contribution in [1.29, 1.82) is 0 Å². The normalized spacial score (nSPS) is 16.0. The zero-order valence-electron chi connectivity index (χ0n) is 11.7. The molecule has 0 atom stereocenters. The Morgan fingerprint density at radius 3 is 2.75 bits per heavy atom. The predicted molar refractivity (Wildman–Crippen MR) is 82.8 cm³/mol. The number of hydrogen-bond donors (Lipinski definition) is 1. The Balaban J connectivity index is 1.67. The van der Waals surface area contributed by atoms with Crippen molar-refractivity contribution in [2.45, 2.75) is 43.8 Å². The topological polar surface area (TPSA) is 46.5 Å². The Morgan fingerprint density at radius 2 is 2.00 bits per heavy atom. The van der Waals surface area contributed by atoms with Gasteiger partial charge >= 0.3 is 5.97 Å². The lowest BCUT2D eigenvalue weighted by atomic mass is 10.0. The summed E-state index contributed by atoms with van der Waals surface area (Å²) in [6.07, 6.45) is 7.82. The molecule has 0 bridgehead atoms. The molecular formula is C16H22O3S. The molecule has 1 fully saturated rings. The minimum Gasteiger partial charge on any atom is -0.493 e. The van der Waals surface area contributed by atoms with Crippen LogP contribution in [0.4, 0.5) is 0 Å². The summed E-state index contributed by atoms with van der Waals surface area (Å²) < 4.78 is 5.59. The summed E-state index contributed by atoms with van der Waals surface area (Å²) in [6.45, 7) is 0.587. The zero-order chi connectivity index (χ0) is 14.2. The van der Waals surface area contributed by atoms with Crippen LogP contribution in [0.25, 0.3) is 0 Å². The Hall–Kier alpha value is -1.16. The fraction of sp³-hybridized carbons (Fsp3) is 0.562. The molecule has 1 N–H and O–H groups in total. The maximum atomic E-state index is 11.0. The minimum atomic E-state index is -0.933. The molecule has 1 aromatic carbocycles. The van der Waals surface area contributed by atoms with Crippen molar-refractivity contribution in [2.75, 3.05) is 12.4 Å². The Bertz CT molecular complexity index is 427. The standard InChI is InChI=1S/C16H22O3S/c17-16(18)14-9-4-5-10-15(14)19-11-6-12-20-13-7-2-1-3-8-13/h4-5,9-10,13H,1-3,6-8,11-12H2,(H,17,18). The highest BCUT2D eigenvalue weighted by molar-refractivity contribution is 7.99. The van der Waals surface area contributed by atoms with Crippen LogP contribution in [-0.4, -0.2) is 28.7 Å². The van der Waals surface area contributed by atoms with Gasteiger partial charge in [0.1, 0.15) is 11.3 Å². The Labute approximate surface area is 124 Å². The van der Waals surface area contributed by atoms with Crippen LogP contribution in [0.3, 0.4) is 0 Å². The monoisotopic (exact) mass is 294 g/mol. The van der Waals surface area contributed by atoms with Gasteiger partial charge < -0.3 is 9.84 Å². The smallest absolute Gasteiger partial charge is 0.339 e. The van der Waals surface area contributed by atoms with Crippen molar-refractivity contribution < 1.29 is 14.6 Å². The summed E-state index contributed by atoms with van der Waals surface area (Å²) in [6, 6.07) is 6.82. The first-order valence-electron chi connectivity index (χ1n) is 7.34. The van der Waals surface area contributed by atoms with Crippen molar-refractivity contribution in [3.63, 3.8) is 0 Å². The molecule has 0 saturated heterocycles. The molecule has 20 heavy (non-hydrogen) atoms. The fourth-order valence-electron chi connectivity index (χ4n) is 2.49. The summed E-state index contributed by atoms with van der Waals surface area (Å²) in [7, 11) is 0. The van der Waals surface area contributed by atoms with E-state index < -0.39 is 5.97 Å². The van der Waals surface area contributed by atoms with Crippen LogP contribution in [-0.2, 0) is 0 Å². The molecule has 4 heteroatoms. The van der Waals surface area contributed by atoms with Crippen molar-refractivity contribution in [3.05, 3.63) is 29.8 Å². The van der Waals surface area contributed by atoms with E-state index in [2.05, 4.69) is 0 Å². The molecule has 1 saturated carbocycles. The van der Waals surface area contributed by atoms with Gasteiger partial charge in [-0.15, -0.1) is 0 Å². The number of rotatable bonds is 7. The number of thioether (sulfide) groups is 1. The van der Waals surface area contributed by atoms with E-state index in [-0.39, 0.29) is 5.56 Å². The average Bonchev–Trinajstić information content (AvgIpc) is 2.48. The van der Waals surface area contributed by atoms with Gasteiger partial charge in [-0.05, 0) is 37.1 Å². The number of benzene rings is 1. The van der Waals surface area contributed by atoms with Gasteiger partial charge in [0.25, 0.3) is 0 Å². The van der Waals surface area contributed by atoms with Gasteiger partial charge in [-0.3, -0.25) is 0 Å². The Morgan fingerprint density at radius 1 is 1.25 bits per heavy atom. The van der Waals surface area contributed by atoms with E-state index in [1.807, 2.05) is 11.8 Å². The third kappa shape index (κ3) is 4.75. The molecule has 0 aromatic heterocycles. The number of carbonyl (C=O) groups is 1. The van der Waals surface area contributed by atoms with E-state index in [1.54, 1.807) is 24.3 Å². The molecule has 1 aliphatic carbocycles. The van der Waals surface area contributed by atoms with Crippen LogP contribution in [0.5, 0.6) is 5.75 Å². The first kappa shape index (κ1) is 15.2. The third-order valence-electron chi connectivity index (χ3n) is 3.57. The number of carboxylic acid groups (broad SMARTS) is 1. The van der Waals surface area contributed by atoms with E-state index in [1.165, 1.54) is 32.1 Å². The average molecular weight is 294 g/mol. The van der Waals surface area contributed by atoms with Crippen LogP contribution in [0.15, 0.2) is 24.3 Å². The van der Waals surface area contributed by atoms with Gasteiger partial charge in [0.15, 0.2) is 0 Å². The van der Waals surface area contributed by atoms with Crippen LogP contribution < -0.4 is 4.74 Å². The molecule has 2 rings (SSSR count). The lowest BCUT2D eigenvalue weighted by Crippen LogP contribution is -2.10. The van der Waals surface area contributed by atoms with E-state index in [9.17, 15) is 4.79 Å². The summed E-state index contributed by atoms with van der Waals surface area (Å²) >= 11 is 2.05. The minimum absolute atomic E-state index is 0.243. The highest BCUT2D eigenvalue weighted by Gasteiger charge is 2.13. The predicted octanol–water partition coefficient (Wildman–Crippen LogP) is 4.22. The number of ether oxygens (including phenoxy) is 1. The summed E-state index contributed by atoms with van der Waals surface area (Å²) in [4.78, 5) is 11.0. The van der Waals surface area contributed by atoms with Gasteiger partial charge in [-0.25, -0.2) is 4.79 Å². The molecule has 0 spiro atoms. The summed E-state index contributed by atoms with van der Waals surface area (Å²) in [5.41, 5.74) is 0.243. The molecule has 1 aromatic rings.